The highest BCUT2D eigenvalue weighted by molar-refractivity contribution is 6.33. The van der Waals surface area contributed by atoms with Crippen molar-refractivity contribution < 1.29 is 18.9 Å². The summed E-state index contributed by atoms with van der Waals surface area (Å²) in [5.74, 6) is 0.280. The van der Waals surface area contributed by atoms with Gasteiger partial charge in [0.2, 0.25) is 0 Å². The molecule has 0 saturated carbocycles. The van der Waals surface area contributed by atoms with E-state index in [9.17, 15) is 14.9 Å². The summed E-state index contributed by atoms with van der Waals surface area (Å²) < 4.78 is 10.5. The van der Waals surface area contributed by atoms with Crippen molar-refractivity contribution in [2.75, 3.05) is 13.2 Å². The Hall–Kier alpha value is -2.38. The zero-order valence-corrected chi connectivity index (χ0v) is 12.9. The molecule has 0 bridgehead atoms. The van der Waals surface area contributed by atoms with E-state index in [1.165, 1.54) is 12.1 Å². The van der Waals surface area contributed by atoms with Gasteiger partial charge in [-0.1, -0.05) is 11.6 Å². The largest absolute Gasteiger partial charge is 0.467 e. The van der Waals surface area contributed by atoms with Gasteiger partial charge in [0.05, 0.1) is 21.8 Å². The molecule has 0 saturated heterocycles. The normalized spacial score (nSPS) is 10.5. The van der Waals surface area contributed by atoms with Gasteiger partial charge in [-0.15, -0.1) is 0 Å². The van der Waals surface area contributed by atoms with Gasteiger partial charge in [0.15, 0.2) is 0 Å². The number of hydrogen-bond donors (Lipinski definition) is 1. The van der Waals surface area contributed by atoms with E-state index in [2.05, 4.69) is 5.32 Å². The Balaban J connectivity index is 1.74. The molecular formula is C15H15ClN2O5. The predicted molar refractivity (Wildman–Crippen MR) is 83.4 cm³/mol. The van der Waals surface area contributed by atoms with Gasteiger partial charge in [0, 0.05) is 25.3 Å². The molecular weight excluding hydrogens is 324 g/mol. The van der Waals surface area contributed by atoms with Crippen LogP contribution in [0.3, 0.4) is 0 Å². The molecule has 8 heteroatoms. The summed E-state index contributed by atoms with van der Waals surface area (Å²) >= 11 is 5.90. The van der Waals surface area contributed by atoms with Crippen LogP contribution in [0.1, 0.15) is 22.5 Å². The fourth-order valence-electron chi connectivity index (χ4n) is 1.84. The predicted octanol–water partition coefficient (Wildman–Crippen LogP) is 3.18. The average Bonchev–Trinajstić information content (AvgIpc) is 3.04. The molecule has 0 atom stereocenters. The second-order valence-corrected chi connectivity index (χ2v) is 5.07. The Morgan fingerprint density at radius 3 is 2.91 bits per heavy atom. The first-order valence-corrected chi connectivity index (χ1v) is 7.28. The fourth-order valence-corrected chi connectivity index (χ4v) is 2.04. The molecule has 0 fully saturated rings. The minimum absolute atomic E-state index is 0.0809. The second-order valence-electron chi connectivity index (χ2n) is 4.66. The van der Waals surface area contributed by atoms with Crippen molar-refractivity contribution in [3.63, 3.8) is 0 Å². The van der Waals surface area contributed by atoms with Crippen LogP contribution in [-0.2, 0) is 11.3 Å². The summed E-state index contributed by atoms with van der Waals surface area (Å²) in [5.41, 5.74) is -0.0984. The number of carbonyl (C=O) groups excluding carboxylic acids is 1. The highest BCUT2D eigenvalue weighted by Gasteiger charge is 2.15. The van der Waals surface area contributed by atoms with Crippen LogP contribution in [0.2, 0.25) is 5.02 Å². The second kappa shape index (κ2) is 8.30. The Morgan fingerprint density at radius 1 is 1.39 bits per heavy atom. The van der Waals surface area contributed by atoms with Gasteiger partial charge in [-0.25, -0.2) is 0 Å². The number of hydrogen-bond acceptors (Lipinski definition) is 5. The number of ether oxygens (including phenoxy) is 1. The van der Waals surface area contributed by atoms with Gasteiger partial charge in [-0.3, -0.25) is 14.9 Å². The minimum atomic E-state index is -0.574. The van der Waals surface area contributed by atoms with Gasteiger partial charge in [-0.05, 0) is 24.6 Å². The molecule has 0 aliphatic carbocycles. The number of halogens is 1. The van der Waals surface area contributed by atoms with Crippen molar-refractivity contribution in [1.29, 1.82) is 0 Å². The SMILES string of the molecule is O=C(NCCCOCc1ccco1)c1cc([N+](=O)[O-])ccc1Cl. The summed E-state index contributed by atoms with van der Waals surface area (Å²) in [7, 11) is 0. The van der Waals surface area contributed by atoms with Crippen molar-refractivity contribution in [2.24, 2.45) is 0 Å². The van der Waals surface area contributed by atoms with Gasteiger partial charge < -0.3 is 14.5 Å². The summed E-state index contributed by atoms with van der Waals surface area (Å²) in [6, 6.07) is 7.33. The number of nitrogens with zero attached hydrogens (tertiary/aromatic N) is 1. The highest BCUT2D eigenvalue weighted by atomic mass is 35.5. The summed E-state index contributed by atoms with van der Waals surface area (Å²) in [6.45, 7) is 1.19. The molecule has 1 N–H and O–H groups in total. The number of furan rings is 1. The van der Waals surface area contributed by atoms with Crippen molar-refractivity contribution in [2.45, 2.75) is 13.0 Å². The van der Waals surface area contributed by atoms with E-state index < -0.39 is 10.8 Å². The Morgan fingerprint density at radius 2 is 2.22 bits per heavy atom. The first-order valence-electron chi connectivity index (χ1n) is 6.90. The fraction of sp³-hybridized carbons (Fsp3) is 0.267. The number of rotatable bonds is 8. The van der Waals surface area contributed by atoms with E-state index in [4.69, 9.17) is 20.8 Å². The van der Waals surface area contributed by atoms with Gasteiger partial charge in [-0.2, -0.15) is 0 Å². The summed E-state index contributed by atoms with van der Waals surface area (Å²) in [4.78, 5) is 22.1. The number of amides is 1. The molecule has 1 amide bonds. The quantitative estimate of drug-likeness (QED) is 0.453. The third-order valence-corrected chi connectivity index (χ3v) is 3.31. The standard InChI is InChI=1S/C15H15ClN2O5/c16-14-5-4-11(18(20)21)9-13(14)15(19)17-6-2-7-22-10-12-3-1-8-23-12/h1,3-5,8-9H,2,6-7,10H2,(H,17,19). The van der Waals surface area contributed by atoms with E-state index in [0.29, 0.717) is 26.2 Å². The van der Waals surface area contributed by atoms with Crippen LogP contribution in [0.25, 0.3) is 0 Å². The van der Waals surface area contributed by atoms with Crippen LogP contribution in [0.4, 0.5) is 5.69 Å². The maximum atomic E-state index is 12.0. The molecule has 1 aromatic carbocycles. The van der Waals surface area contributed by atoms with Crippen LogP contribution in [-0.4, -0.2) is 24.0 Å². The minimum Gasteiger partial charge on any atom is -0.467 e. The van der Waals surface area contributed by atoms with Crippen molar-refractivity contribution in [3.05, 3.63) is 63.1 Å². The van der Waals surface area contributed by atoms with Crippen molar-refractivity contribution in [1.82, 2.24) is 5.32 Å². The lowest BCUT2D eigenvalue weighted by molar-refractivity contribution is -0.384. The molecule has 0 unspecified atom stereocenters. The number of carbonyl (C=O) groups is 1. The Labute approximate surface area is 137 Å². The first-order chi connectivity index (χ1) is 11.1. The molecule has 7 nitrogen and oxygen atoms in total. The van der Waals surface area contributed by atoms with Crippen molar-refractivity contribution >= 4 is 23.2 Å². The Bertz CT molecular complexity index is 673. The first kappa shape index (κ1) is 17.0. The van der Waals surface area contributed by atoms with E-state index >= 15 is 0 Å². The van der Waals surface area contributed by atoms with E-state index in [1.54, 1.807) is 12.3 Å². The molecule has 2 rings (SSSR count). The number of benzene rings is 1. The van der Waals surface area contributed by atoms with Gasteiger partial charge in [0.25, 0.3) is 11.6 Å². The molecule has 122 valence electrons. The highest BCUT2D eigenvalue weighted by Crippen LogP contribution is 2.21. The molecule has 1 heterocycles. The van der Waals surface area contributed by atoms with Crippen LogP contribution < -0.4 is 5.32 Å². The van der Waals surface area contributed by atoms with Gasteiger partial charge >= 0.3 is 0 Å². The van der Waals surface area contributed by atoms with E-state index in [1.807, 2.05) is 6.07 Å². The zero-order valence-electron chi connectivity index (χ0n) is 12.2. The number of nitro benzene ring substituents is 1. The Kier molecular flexibility index (Phi) is 6.13. The third kappa shape index (κ3) is 5.08. The molecule has 0 aliphatic heterocycles. The number of nitrogens with one attached hydrogen (secondary N) is 1. The van der Waals surface area contributed by atoms with E-state index in [0.717, 1.165) is 11.8 Å². The van der Waals surface area contributed by atoms with Crippen LogP contribution in [0.5, 0.6) is 0 Å². The van der Waals surface area contributed by atoms with Crippen LogP contribution in [0.15, 0.2) is 41.0 Å². The lowest BCUT2D eigenvalue weighted by Crippen LogP contribution is -2.25. The topological polar surface area (TPSA) is 94.6 Å². The van der Waals surface area contributed by atoms with Crippen LogP contribution in [0, 0.1) is 10.1 Å². The maximum Gasteiger partial charge on any atom is 0.270 e. The molecule has 0 radical (unpaired) electrons. The summed E-state index contributed by atoms with van der Waals surface area (Å²) in [5, 5.41) is 13.5. The molecule has 2 aromatic rings. The van der Waals surface area contributed by atoms with Crippen LogP contribution >= 0.6 is 11.6 Å². The zero-order chi connectivity index (χ0) is 16.7. The number of nitro groups is 1. The summed E-state index contributed by atoms with van der Waals surface area (Å²) in [6.07, 6.45) is 2.17. The smallest absolute Gasteiger partial charge is 0.270 e. The van der Waals surface area contributed by atoms with E-state index in [-0.39, 0.29) is 16.3 Å². The molecule has 0 spiro atoms. The molecule has 1 aromatic heterocycles. The van der Waals surface area contributed by atoms with Crippen molar-refractivity contribution in [3.8, 4) is 0 Å². The lowest BCUT2D eigenvalue weighted by Gasteiger charge is -2.07. The molecule has 0 aliphatic rings. The van der Waals surface area contributed by atoms with Gasteiger partial charge in [0.1, 0.15) is 12.4 Å². The number of non-ortho nitro benzene ring substituents is 1. The lowest BCUT2D eigenvalue weighted by atomic mass is 10.2. The third-order valence-electron chi connectivity index (χ3n) is 2.98. The molecule has 23 heavy (non-hydrogen) atoms. The average molecular weight is 339 g/mol. The maximum absolute atomic E-state index is 12.0. The monoisotopic (exact) mass is 338 g/mol.